The van der Waals surface area contributed by atoms with E-state index in [2.05, 4.69) is 9.69 Å². The van der Waals surface area contributed by atoms with Crippen LogP contribution in [0.4, 0.5) is 10.5 Å². The molecule has 34 heavy (non-hydrogen) atoms. The molecule has 1 N–H and O–H groups in total. The van der Waals surface area contributed by atoms with E-state index in [9.17, 15) is 4.79 Å². The Morgan fingerprint density at radius 2 is 1.59 bits per heavy atom. The highest BCUT2D eigenvalue weighted by molar-refractivity contribution is 7.10. The van der Waals surface area contributed by atoms with Crippen LogP contribution in [0, 0.1) is 0 Å². The first-order valence-electron chi connectivity index (χ1n) is 10.4. The third-order valence-electron chi connectivity index (χ3n) is 4.97. The number of amides is 1. The standard InChI is InChI=1S/C24H28N2O7S/c1-28-9-6-10-33-24(27)26-18-11-15(7-8-19(18)29-2)17-14-25-34-23(17)16-12-20(30-3)22(32-5)21(13-16)31-4/h7-8,11-14H,6,9-10H2,1-5H3,(H,26,27). The quantitative estimate of drug-likeness (QED) is 0.373. The summed E-state index contributed by atoms with van der Waals surface area (Å²) in [6, 6.07) is 9.25. The van der Waals surface area contributed by atoms with Gasteiger partial charge in [-0.3, -0.25) is 5.32 Å². The molecule has 1 amide bonds. The number of anilines is 1. The molecule has 0 unspecified atom stereocenters. The fourth-order valence-electron chi connectivity index (χ4n) is 3.35. The number of rotatable bonds is 11. The molecule has 1 aromatic heterocycles. The minimum Gasteiger partial charge on any atom is -0.495 e. The van der Waals surface area contributed by atoms with Gasteiger partial charge in [0.25, 0.3) is 0 Å². The van der Waals surface area contributed by atoms with Gasteiger partial charge >= 0.3 is 6.09 Å². The van der Waals surface area contributed by atoms with Gasteiger partial charge in [0, 0.05) is 37.5 Å². The predicted molar refractivity (Wildman–Crippen MR) is 131 cm³/mol. The minimum absolute atomic E-state index is 0.251. The van der Waals surface area contributed by atoms with Gasteiger partial charge in [-0.2, -0.15) is 4.37 Å². The van der Waals surface area contributed by atoms with Crippen molar-refractivity contribution in [2.45, 2.75) is 6.42 Å². The molecule has 0 saturated heterocycles. The maximum Gasteiger partial charge on any atom is 0.411 e. The Bertz CT molecular complexity index is 1090. The van der Waals surface area contributed by atoms with Gasteiger partial charge < -0.3 is 28.4 Å². The van der Waals surface area contributed by atoms with Crippen LogP contribution in [-0.2, 0) is 9.47 Å². The summed E-state index contributed by atoms with van der Waals surface area (Å²) in [7, 11) is 7.85. The molecule has 9 nitrogen and oxygen atoms in total. The third-order valence-corrected chi connectivity index (χ3v) is 5.82. The molecule has 1 heterocycles. The fraction of sp³-hybridized carbons (Fsp3) is 0.333. The Hall–Kier alpha value is -3.50. The van der Waals surface area contributed by atoms with Gasteiger partial charge in [-0.25, -0.2) is 4.79 Å². The highest BCUT2D eigenvalue weighted by atomic mass is 32.1. The second-order valence-electron chi connectivity index (χ2n) is 7.00. The molecule has 3 rings (SSSR count). The average molecular weight is 489 g/mol. The lowest BCUT2D eigenvalue weighted by molar-refractivity contribution is 0.134. The molecule has 0 bridgehead atoms. The van der Waals surface area contributed by atoms with E-state index in [1.54, 1.807) is 40.7 Å². The Balaban J connectivity index is 1.94. The van der Waals surface area contributed by atoms with Crippen LogP contribution in [0.1, 0.15) is 6.42 Å². The largest absolute Gasteiger partial charge is 0.495 e. The van der Waals surface area contributed by atoms with Crippen LogP contribution in [0.25, 0.3) is 21.6 Å². The highest BCUT2D eigenvalue weighted by Crippen LogP contribution is 2.45. The number of aromatic nitrogens is 1. The Labute approximate surface area is 202 Å². The van der Waals surface area contributed by atoms with Crippen molar-refractivity contribution in [3.8, 4) is 44.6 Å². The van der Waals surface area contributed by atoms with Gasteiger partial charge in [0.05, 0.1) is 45.6 Å². The molecule has 0 aliphatic carbocycles. The number of methoxy groups -OCH3 is 5. The van der Waals surface area contributed by atoms with E-state index in [-0.39, 0.29) is 6.61 Å². The number of hydrogen-bond donors (Lipinski definition) is 1. The number of carbonyl (C=O) groups is 1. The van der Waals surface area contributed by atoms with Crippen LogP contribution < -0.4 is 24.3 Å². The van der Waals surface area contributed by atoms with Gasteiger partial charge in [0.1, 0.15) is 5.75 Å². The zero-order valence-corrected chi connectivity index (χ0v) is 20.6. The number of carbonyl (C=O) groups excluding carboxylic acids is 1. The third kappa shape index (κ3) is 5.70. The molecule has 0 fully saturated rings. The molecule has 0 aliphatic heterocycles. The summed E-state index contributed by atoms with van der Waals surface area (Å²) in [4.78, 5) is 13.2. The summed E-state index contributed by atoms with van der Waals surface area (Å²) in [5, 5.41) is 2.75. The molecular formula is C24H28N2O7S. The molecule has 0 saturated carbocycles. The first-order valence-corrected chi connectivity index (χ1v) is 11.2. The number of ether oxygens (including phenoxy) is 6. The fourth-order valence-corrected chi connectivity index (χ4v) is 4.11. The van der Waals surface area contributed by atoms with Crippen LogP contribution in [-0.4, -0.2) is 59.2 Å². The second kappa shape index (κ2) is 12.1. The van der Waals surface area contributed by atoms with E-state index in [0.29, 0.717) is 41.7 Å². The molecule has 0 radical (unpaired) electrons. The van der Waals surface area contributed by atoms with Crippen molar-refractivity contribution < 1.29 is 33.2 Å². The van der Waals surface area contributed by atoms with E-state index < -0.39 is 6.09 Å². The lowest BCUT2D eigenvalue weighted by atomic mass is 10.0. The number of nitrogens with one attached hydrogen (secondary N) is 1. The maximum absolute atomic E-state index is 12.3. The van der Waals surface area contributed by atoms with Crippen molar-refractivity contribution in [2.24, 2.45) is 0 Å². The normalized spacial score (nSPS) is 10.5. The zero-order valence-electron chi connectivity index (χ0n) is 19.8. The van der Waals surface area contributed by atoms with Crippen molar-refractivity contribution in [2.75, 3.05) is 54.1 Å². The van der Waals surface area contributed by atoms with Crippen molar-refractivity contribution >= 4 is 23.3 Å². The second-order valence-corrected chi connectivity index (χ2v) is 7.81. The van der Waals surface area contributed by atoms with Crippen molar-refractivity contribution in [3.63, 3.8) is 0 Å². The van der Waals surface area contributed by atoms with E-state index in [0.717, 1.165) is 21.6 Å². The van der Waals surface area contributed by atoms with E-state index in [1.165, 1.54) is 18.6 Å². The van der Waals surface area contributed by atoms with Crippen molar-refractivity contribution in [1.82, 2.24) is 4.37 Å². The lowest BCUT2D eigenvalue weighted by Crippen LogP contribution is -2.15. The molecule has 2 aromatic carbocycles. The summed E-state index contributed by atoms with van der Waals surface area (Å²) in [6.45, 7) is 0.766. The summed E-state index contributed by atoms with van der Waals surface area (Å²) in [6.07, 6.45) is 1.82. The minimum atomic E-state index is -0.570. The van der Waals surface area contributed by atoms with Crippen molar-refractivity contribution in [1.29, 1.82) is 0 Å². The van der Waals surface area contributed by atoms with Gasteiger partial charge in [-0.05, 0) is 41.4 Å². The first-order chi connectivity index (χ1) is 16.6. The van der Waals surface area contributed by atoms with Gasteiger partial charge in [0.2, 0.25) is 5.75 Å². The van der Waals surface area contributed by atoms with Crippen LogP contribution >= 0.6 is 11.5 Å². The van der Waals surface area contributed by atoms with E-state index >= 15 is 0 Å². The summed E-state index contributed by atoms with van der Waals surface area (Å²) < 4.78 is 36.4. The molecule has 10 heteroatoms. The Kier molecular flexibility index (Phi) is 8.94. The van der Waals surface area contributed by atoms with Crippen LogP contribution in [0.2, 0.25) is 0 Å². The smallest absolute Gasteiger partial charge is 0.411 e. The predicted octanol–water partition coefficient (Wildman–Crippen LogP) is 5.10. The number of benzene rings is 2. The summed E-state index contributed by atoms with van der Waals surface area (Å²) in [5.74, 6) is 2.11. The summed E-state index contributed by atoms with van der Waals surface area (Å²) in [5.41, 5.74) is 3.06. The lowest BCUT2D eigenvalue weighted by Gasteiger charge is -2.15. The Morgan fingerprint density at radius 1 is 0.882 bits per heavy atom. The van der Waals surface area contributed by atoms with Crippen LogP contribution in [0.5, 0.6) is 23.0 Å². The van der Waals surface area contributed by atoms with E-state index in [4.69, 9.17) is 28.4 Å². The van der Waals surface area contributed by atoms with E-state index in [1.807, 2.05) is 24.3 Å². The monoisotopic (exact) mass is 488 g/mol. The Morgan fingerprint density at radius 3 is 2.21 bits per heavy atom. The molecular weight excluding hydrogens is 460 g/mol. The number of hydrogen-bond acceptors (Lipinski definition) is 9. The van der Waals surface area contributed by atoms with Gasteiger partial charge in [-0.15, -0.1) is 0 Å². The van der Waals surface area contributed by atoms with Gasteiger partial charge in [0.15, 0.2) is 11.5 Å². The topological polar surface area (TPSA) is 97.4 Å². The highest BCUT2D eigenvalue weighted by Gasteiger charge is 2.19. The molecule has 0 atom stereocenters. The SMILES string of the molecule is COCCCOC(=O)Nc1cc(-c2cnsc2-c2cc(OC)c(OC)c(OC)c2)ccc1OC. The summed E-state index contributed by atoms with van der Waals surface area (Å²) >= 11 is 1.34. The van der Waals surface area contributed by atoms with Gasteiger partial charge in [-0.1, -0.05) is 6.07 Å². The van der Waals surface area contributed by atoms with Crippen LogP contribution in [0.3, 0.4) is 0 Å². The molecule has 182 valence electrons. The van der Waals surface area contributed by atoms with Crippen molar-refractivity contribution in [3.05, 3.63) is 36.5 Å². The zero-order chi connectivity index (χ0) is 24.5. The average Bonchev–Trinajstić information content (AvgIpc) is 3.35. The maximum atomic E-state index is 12.3. The first kappa shape index (κ1) is 25.1. The molecule has 0 spiro atoms. The molecule has 3 aromatic rings. The van der Waals surface area contributed by atoms with Crippen LogP contribution in [0.15, 0.2) is 36.5 Å². The molecule has 0 aliphatic rings. The number of nitrogens with zero attached hydrogens (tertiary/aromatic N) is 1.